The van der Waals surface area contributed by atoms with Gasteiger partial charge in [0.2, 0.25) is 0 Å². The zero-order valence-electron chi connectivity index (χ0n) is 32.6. The Kier molecular flexibility index (Phi) is 11.0. The smallest absolute Gasteiger partial charge is 0.414 e. The number of para-hydroxylation sites is 1. The molecule has 282 valence electrons. The van der Waals surface area contributed by atoms with E-state index >= 15 is 0 Å². The Morgan fingerprint density at radius 3 is 2.00 bits per heavy atom. The summed E-state index contributed by atoms with van der Waals surface area (Å²) in [4.78, 5) is 31.4. The second kappa shape index (κ2) is 15.1. The molecule has 1 amide bonds. The fourth-order valence-electron chi connectivity index (χ4n) is 10.1. The highest BCUT2D eigenvalue weighted by molar-refractivity contribution is 7.90. The van der Waals surface area contributed by atoms with Gasteiger partial charge in [-0.3, -0.25) is 9.69 Å². The summed E-state index contributed by atoms with van der Waals surface area (Å²) in [6.45, 7) is 17.8. The van der Waals surface area contributed by atoms with Crippen molar-refractivity contribution in [2.24, 2.45) is 5.92 Å². The standard InChI is InChI=1S/C44H56N2O5SSi/c1-30(2)53(31(3)4,32(5)6)42-29-45(43(48)51-41-26-18-16-24-37(41)44(7,8)33-19-11-9-12-20-33)39(27-40(42)47)36-28-46(38-25-17-15-23-35(36)38)52(49,50)34-21-13-10-14-22-34/h9-15,17,19-23,25,28-32,37,39,41H,16,18,24,26-27H2,1-8H3/t37-,39+,41-/m1/s1. The van der Waals surface area contributed by atoms with Gasteiger partial charge < -0.3 is 4.74 Å². The molecule has 3 atom stereocenters. The molecule has 1 aliphatic carbocycles. The predicted octanol–water partition coefficient (Wildman–Crippen LogP) is 11.0. The largest absolute Gasteiger partial charge is 0.446 e. The van der Waals surface area contributed by atoms with Crippen molar-refractivity contribution in [2.75, 3.05) is 0 Å². The van der Waals surface area contributed by atoms with Crippen LogP contribution in [0, 0.1) is 5.92 Å². The number of ketones is 1. The molecule has 0 N–H and O–H groups in total. The molecule has 1 saturated carbocycles. The lowest BCUT2D eigenvalue weighted by atomic mass is 9.66. The van der Waals surface area contributed by atoms with E-state index in [2.05, 4.69) is 79.7 Å². The molecular formula is C44H56N2O5SSi. The average molecular weight is 753 g/mol. The van der Waals surface area contributed by atoms with E-state index in [1.54, 1.807) is 47.5 Å². The first-order valence-corrected chi connectivity index (χ1v) is 23.0. The summed E-state index contributed by atoms with van der Waals surface area (Å²) >= 11 is 0. The van der Waals surface area contributed by atoms with E-state index in [9.17, 15) is 18.0 Å². The molecule has 2 heterocycles. The van der Waals surface area contributed by atoms with Gasteiger partial charge in [0.25, 0.3) is 10.0 Å². The first-order chi connectivity index (χ1) is 25.1. The van der Waals surface area contributed by atoms with Crippen LogP contribution in [0.5, 0.6) is 0 Å². The van der Waals surface area contributed by atoms with Gasteiger partial charge in [-0.1, -0.05) is 129 Å². The highest BCUT2D eigenvalue weighted by atomic mass is 32.2. The zero-order valence-corrected chi connectivity index (χ0v) is 34.4. The number of ether oxygens (including phenoxy) is 1. The summed E-state index contributed by atoms with van der Waals surface area (Å²) in [5.41, 5.74) is 2.83. The summed E-state index contributed by atoms with van der Waals surface area (Å²) in [7, 11) is -6.50. The van der Waals surface area contributed by atoms with Crippen molar-refractivity contribution in [1.82, 2.24) is 8.87 Å². The lowest BCUT2D eigenvalue weighted by Gasteiger charge is -2.47. The summed E-state index contributed by atoms with van der Waals surface area (Å²) in [6.07, 6.45) is 6.44. The molecule has 0 spiro atoms. The van der Waals surface area contributed by atoms with Crippen molar-refractivity contribution in [1.29, 1.82) is 0 Å². The molecule has 0 radical (unpaired) electrons. The van der Waals surface area contributed by atoms with Gasteiger partial charge in [0, 0.05) is 35.7 Å². The monoisotopic (exact) mass is 752 g/mol. The van der Waals surface area contributed by atoms with E-state index in [1.165, 1.54) is 9.54 Å². The Balaban J connectivity index is 1.50. The number of fused-ring (bicyclic) bond motifs is 1. The van der Waals surface area contributed by atoms with Crippen molar-refractivity contribution < 1.29 is 22.7 Å². The Bertz CT molecular complexity index is 2060. The molecule has 0 unspecified atom stereocenters. The molecule has 7 nitrogen and oxygen atoms in total. The van der Waals surface area contributed by atoms with Crippen LogP contribution in [0.1, 0.15) is 105 Å². The fraction of sp³-hybridized carbons (Fsp3) is 0.455. The molecule has 2 aliphatic rings. The predicted molar refractivity (Wildman–Crippen MR) is 216 cm³/mol. The number of rotatable bonds is 10. The van der Waals surface area contributed by atoms with Crippen LogP contribution in [-0.4, -0.2) is 43.3 Å². The minimum absolute atomic E-state index is 0.0327. The van der Waals surface area contributed by atoms with Crippen LogP contribution in [0.4, 0.5) is 4.79 Å². The van der Waals surface area contributed by atoms with E-state index in [4.69, 9.17) is 4.74 Å². The van der Waals surface area contributed by atoms with E-state index in [0.717, 1.165) is 30.9 Å². The van der Waals surface area contributed by atoms with Crippen molar-refractivity contribution in [3.63, 3.8) is 0 Å². The van der Waals surface area contributed by atoms with E-state index in [-0.39, 0.29) is 51.2 Å². The quantitative estimate of drug-likeness (QED) is 0.151. The van der Waals surface area contributed by atoms with E-state index in [0.29, 0.717) is 16.5 Å². The second-order valence-electron chi connectivity index (χ2n) is 16.6. The van der Waals surface area contributed by atoms with Gasteiger partial charge in [-0.25, -0.2) is 17.2 Å². The third-order valence-corrected chi connectivity index (χ3v) is 21.4. The Labute approximate surface area is 317 Å². The van der Waals surface area contributed by atoms with Crippen LogP contribution in [0.15, 0.2) is 107 Å². The molecule has 1 aliphatic heterocycles. The molecule has 3 aromatic carbocycles. The van der Waals surface area contributed by atoms with Gasteiger partial charge in [0.1, 0.15) is 14.2 Å². The van der Waals surface area contributed by atoms with E-state index in [1.807, 2.05) is 30.5 Å². The van der Waals surface area contributed by atoms with Crippen LogP contribution < -0.4 is 0 Å². The molecule has 1 aromatic heterocycles. The SMILES string of the molecule is CC(C)[Si](C1=CN(C(=O)O[C@@H]2CCCC[C@H]2C(C)(C)c2ccccc2)[C@H](c2cn(S(=O)(=O)c3ccccc3)c3ccccc23)CC1=O)(C(C)C)C(C)C. The van der Waals surface area contributed by atoms with Crippen molar-refractivity contribution >= 4 is 40.9 Å². The maximum Gasteiger partial charge on any atom is 0.414 e. The summed E-state index contributed by atoms with van der Waals surface area (Å²) in [5, 5.41) is 1.46. The molecule has 9 heteroatoms. The number of nitrogens with zero attached hydrogens (tertiary/aromatic N) is 2. The Hall–Kier alpha value is -3.95. The lowest BCUT2D eigenvalue weighted by Crippen LogP contribution is -2.52. The number of aromatic nitrogens is 1. The first-order valence-electron chi connectivity index (χ1n) is 19.3. The van der Waals surface area contributed by atoms with Crippen LogP contribution >= 0.6 is 0 Å². The van der Waals surface area contributed by atoms with Crippen molar-refractivity contribution in [3.8, 4) is 0 Å². The Morgan fingerprint density at radius 1 is 0.811 bits per heavy atom. The molecule has 1 fully saturated rings. The van der Waals surface area contributed by atoms with Gasteiger partial charge >= 0.3 is 6.09 Å². The van der Waals surface area contributed by atoms with Gasteiger partial charge in [-0.2, -0.15) is 0 Å². The number of carbonyl (C=O) groups is 2. The van der Waals surface area contributed by atoms with Gasteiger partial charge in [0.05, 0.1) is 16.5 Å². The van der Waals surface area contributed by atoms with Gasteiger partial charge in [-0.15, -0.1) is 0 Å². The molecular weight excluding hydrogens is 697 g/mol. The maximum atomic E-state index is 14.9. The van der Waals surface area contributed by atoms with Gasteiger partial charge in [-0.05, 0) is 70.3 Å². The molecule has 4 aromatic rings. The minimum Gasteiger partial charge on any atom is -0.446 e. The number of allylic oxidation sites excluding steroid dienone is 1. The normalized spacial score (nSPS) is 20.4. The van der Waals surface area contributed by atoms with Crippen LogP contribution in [0.2, 0.25) is 16.6 Å². The second-order valence-corrected chi connectivity index (χ2v) is 24.3. The number of carbonyl (C=O) groups excluding carboxylic acids is 2. The number of amides is 1. The van der Waals surface area contributed by atoms with Crippen molar-refractivity contribution in [2.45, 2.75) is 127 Å². The van der Waals surface area contributed by atoms with E-state index < -0.39 is 30.2 Å². The number of hydrogen-bond donors (Lipinski definition) is 0. The lowest BCUT2D eigenvalue weighted by molar-refractivity contribution is -0.116. The Morgan fingerprint density at radius 2 is 1.38 bits per heavy atom. The molecule has 0 saturated heterocycles. The van der Waals surface area contributed by atoms with Crippen LogP contribution in [0.3, 0.4) is 0 Å². The summed E-state index contributed by atoms with van der Waals surface area (Å²) < 4.78 is 36.2. The topological polar surface area (TPSA) is 85.7 Å². The zero-order chi connectivity index (χ0) is 38.3. The van der Waals surface area contributed by atoms with Crippen LogP contribution in [0.25, 0.3) is 10.9 Å². The number of Topliss-reactive ketones (excluding diaryl/α,β-unsaturated/α-hetero) is 1. The highest BCUT2D eigenvalue weighted by Crippen LogP contribution is 2.50. The molecule has 53 heavy (non-hydrogen) atoms. The summed E-state index contributed by atoms with van der Waals surface area (Å²) in [6, 6.07) is 25.4. The van der Waals surface area contributed by atoms with Crippen LogP contribution in [-0.2, 0) is 25.0 Å². The maximum absolute atomic E-state index is 14.9. The first kappa shape index (κ1) is 38.8. The summed E-state index contributed by atoms with van der Waals surface area (Å²) in [5.74, 6) is 0.134. The number of benzene rings is 3. The third kappa shape index (κ3) is 6.84. The average Bonchev–Trinajstić information content (AvgIpc) is 3.53. The minimum atomic E-state index is -3.99. The van der Waals surface area contributed by atoms with Gasteiger partial charge in [0.15, 0.2) is 5.78 Å². The molecule has 0 bridgehead atoms. The fourth-order valence-corrected chi connectivity index (χ4v) is 18.3. The third-order valence-electron chi connectivity index (χ3n) is 12.6. The number of hydrogen-bond acceptors (Lipinski definition) is 5. The van der Waals surface area contributed by atoms with Crippen molar-refractivity contribution in [3.05, 3.63) is 114 Å². The molecule has 6 rings (SSSR count). The highest BCUT2D eigenvalue weighted by Gasteiger charge is 2.51.